The predicted molar refractivity (Wildman–Crippen MR) is 174 cm³/mol. The molecule has 1 aromatic rings. The fourth-order valence-electron chi connectivity index (χ4n) is 6.11. The second-order valence-corrected chi connectivity index (χ2v) is 12.9. The Balaban J connectivity index is 1.48. The SMILES string of the molecule is COC(CC(C)C(O)/C=C/C=C/CNC(=O)C(C)(C)C(O)/C(C)=C/C=C/C=C/Cc1cnco1)C1(O)C(C)C(=O)N(C)C12COC2=O. The minimum absolute atomic E-state index is 0.124. The van der Waals surface area contributed by atoms with E-state index in [1.165, 1.54) is 25.5 Å². The van der Waals surface area contributed by atoms with Gasteiger partial charge in [0, 0.05) is 27.1 Å². The fraction of sp³-hybridized carbons (Fsp3) is 0.543. The van der Waals surface area contributed by atoms with Gasteiger partial charge in [-0.3, -0.25) is 9.59 Å². The van der Waals surface area contributed by atoms with E-state index >= 15 is 0 Å². The van der Waals surface area contributed by atoms with Gasteiger partial charge in [-0.1, -0.05) is 68.5 Å². The van der Waals surface area contributed by atoms with E-state index in [1.807, 2.05) is 18.2 Å². The Morgan fingerprint density at radius 2 is 1.91 bits per heavy atom. The molecule has 12 heteroatoms. The number of rotatable bonds is 16. The summed E-state index contributed by atoms with van der Waals surface area (Å²) in [6, 6.07) is 0. The minimum atomic E-state index is -1.83. The Morgan fingerprint density at radius 1 is 1.21 bits per heavy atom. The lowest BCUT2D eigenvalue weighted by atomic mass is 9.68. The number of aliphatic hydroxyl groups is 3. The predicted octanol–water partition coefficient (Wildman–Crippen LogP) is 2.43. The molecule has 4 N–H and O–H groups in total. The van der Waals surface area contributed by atoms with Crippen LogP contribution in [0.15, 0.2) is 77.3 Å². The van der Waals surface area contributed by atoms with E-state index in [4.69, 9.17) is 13.9 Å². The molecular formula is C35H49N3O9. The van der Waals surface area contributed by atoms with Crippen molar-refractivity contribution in [2.45, 2.75) is 76.9 Å². The molecule has 2 fully saturated rings. The molecule has 2 aliphatic rings. The zero-order valence-electron chi connectivity index (χ0n) is 28.3. The third-order valence-electron chi connectivity index (χ3n) is 9.45. The van der Waals surface area contributed by atoms with E-state index in [0.29, 0.717) is 12.0 Å². The van der Waals surface area contributed by atoms with Crippen molar-refractivity contribution in [1.82, 2.24) is 15.2 Å². The lowest BCUT2D eigenvalue weighted by molar-refractivity contribution is -0.235. The lowest BCUT2D eigenvalue weighted by Crippen LogP contribution is -2.76. The molecule has 47 heavy (non-hydrogen) atoms. The molecule has 2 saturated heterocycles. The molecule has 2 aliphatic heterocycles. The molecule has 3 rings (SSSR count). The first-order valence-corrected chi connectivity index (χ1v) is 15.7. The molecule has 258 valence electrons. The molecule has 0 radical (unpaired) electrons. The van der Waals surface area contributed by atoms with Gasteiger partial charge in [0.25, 0.3) is 0 Å². The molecule has 0 bridgehead atoms. The first-order valence-electron chi connectivity index (χ1n) is 15.7. The molecule has 7 atom stereocenters. The molecule has 1 aromatic heterocycles. The summed E-state index contributed by atoms with van der Waals surface area (Å²) in [6.45, 7) is 8.54. The van der Waals surface area contributed by atoms with Crippen LogP contribution in [0.25, 0.3) is 0 Å². The molecule has 0 aromatic carbocycles. The number of aromatic nitrogens is 1. The zero-order chi connectivity index (χ0) is 35.0. The van der Waals surface area contributed by atoms with Crippen LogP contribution in [-0.4, -0.2) is 99.7 Å². The number of likely N-dealkylation sites (N-methyl/N-ethyl adjacent to an activating group) is 1. The van der Waals surface area contributed by atoms with Crippen molar-refractivity contribution in [1.29, 1.82) is 0 Å². The van der Waals surface area contributed by atoms with Crippen LogP contribution in [0.1, 0.15) is 46.8 Å². The topological polar surface area (TPSA) is 172 Å². The van der Waals surface area contributed by atoms with E-state index < -0.39 is 52.7 Å². The number of carbonyl (C=O) groups is 3. The maximum absolute atomic E-state index is 12.9. The summed E-state index contributed by atoms with van der Waals surface area (Å²) in [5.41, 5.74) is -3.80. The Kier molecular flexibility index (Phi) is 12.7. The Bertz CT molecular complexity index is 1400. The maximum atomic E-state index is 12.9. The number of methoxy groups -OCH3 is 1. The number of likely N-dealkylation sites (tertiary alicyclic amines) is 1. The summed E-state index contributed by atoms with van der Waals surface area (Å²) in [7, 11) is 2.88. The Labute approximate surface area is 276 Å². The normalized spacial score (nSPS) is 26.5. The second-order valence-electron chi connectivity index (χ2n) is 12.9. The summed E-state index contributed by atoms with van der Waals surface area (Å²) in [6.07, 6.45) is 16.7. The molecule has 0 saturated carbocycles. The van der Waals surface area contributed by atoms with Gasteiger partial charge in [0.1, 0.15) is 18.0 Å². The van der Waals surface area contributed by atoms with Gasteiger partial charge in [-0.05, 0) is 38.7 Å². The van der Waals surface area contributed by atoms with E-state index in [0.717, 1.165) is 5.76 Å². The summed E-state index contributed by atoms with van der Waals surface area (Å²) in [5.74, 6) is -1.92. The summed E-state index contributed by atoms with van der Waals surface area (Å²) in [5, 5.41) is 36.2. The second kappa shape index (κ2) is 15.8. The average molecular weight is 656 g/mol. The number of esters is 1. The highest BCUT2D eigenvalue weighted by atomic mass is 16.6. The highest BCUT2D eigenvalue weighted by Gasteiger charge is 2.77. The molecular weight excluding hydrogens is 606 g/mol. The number of carbonyl (C=O) groups excluding carboxylic acids is 3. The van der Waals surface area contributed by atoms with Gasteiger partial charge in [0.05, 0.1) is 35.8 Å². The van der Waals surface area contributed by atoms with Crippen molar-refractivity contribution in [3.8, 4) is 0 Å². The van der Waals surface area contributed by atoms with Gasteiger partial charge in [0.2, 0.25) is 17.4 Å². The van der Waals surface area contributed by atoms with Gasteiger partial charge in [-0.15, -0.1) is 0 Å². The van der Waals surface area contributed by atoms with Crippen LogP contribution < -0.4 is 5.32 Å². The molecule has 1 spiro atoms. The number of cyclic esters (lactones) is 1. The Hall–Kier alpha value is -3.84. The molecule has 0 aliphatic carbocycles. The highest BCUT2D eigenvalue weighted by molar-refractivity contribution is 5.99. The van der Waals surface area contributed by atoms with Crippen LogP contribution in [0.3, 0.4) is 0 Å². The average Bonchev–Trinajstić information content (AvgIpc) is 3.62. The van der Waals surface area contributed by atoms with Crippen LogP contribution in [-0.2, 0) is 30.3 Å². The maximum Gasteiger partial charge on any atom is 0.338 e. The van der Waals surface area contributed by atoms with E-state index in [9.17, 15) is 29.7 Å². The molecule has 12 nitrogen and oxygen atoms in total. The number of nitrogens with zero attached hydrogens (tertiary/aromatic N) is 2. The molecule has 3 heterocycles. The van der Waals surface area contributed by atoms with Crippen LogP contribution in [0, 0.1) is 17.3 Å². The van der Waals surface area contributed by atoms with Gasteiger partial charge < -0.3 is 39.4 Å². The summed E-state index contributed by atoms with van der Waals surface area (Å²) in [4.78, 5) is 43.3. The molecule has 7 unspecified atom stereocenters. The number of amides is 2. The van der Waals surface area contributed by atoms with Crippen molar-refractivity contribution in [2.24, 2.45) is 17.3 Å². The number of hydrogen-bond acceptors (Lipinski definition) is 10. The third-order valence-corrected chi connectivity index (χ3v) is 9.45. The van der Waals surface area contributed by atoms with Crippen LogP contribution >= 0.6 is 0 Å². The standard InChI is InChI=1S/C35H49N3O9/c1-23(15-11-8-9-12-16-26-20-36-22-47-26)29(40)33(4,5)31(42)37-18-14-10-13-17-27(39)24(2)19-28(45-7)35(44)25(3)30(41)38(6)34(35)21-46-32(34)43/h8-15,17,20,22,24-25,27-29,39-40,44H,16,18-19,21H2,1-7H3,(H,37,42)/b11-8+,12-9+,14-10+,17-13+,23-15+. The van der Waals surface area contributed by atoms with Crippen molar-refractivity contribution >= 4 is 17.8 Å². The zero-order valence-corrected chi connectivity index (χ0v) is 28.3. The van der Waals surface area contributed by atoms with Crippen LogP contribution in [0.5, 0.6) is 0 Å². The van der Waals surface area contributed by atoms with Gasteiger partial charge in [-0.2, -0.15) is 0 Å². The quantitative estimate of drug-likeness (QED) is 0.153. The monoisotopic (exact) mass is 655 g/mol. The van der Waals surface area contributed by atoms with E-state index in [1.54, 1.807) is 77.3 Å². The minimum Gasteiger partial charge on any atom is -0.460 e. The summed E-state index contributed by atoms with van der Waals surface area (Å²) < 4.78 is 15.8. The first-order chi connectivity index (χ1) is 22.2. The number of hydrogen-bond donors (Lipinski definition) is 4. The smallest absolute Gasteiger partial charge is 0.338 e. The highest BCUT2D eigenvalue weighted by Crippen LogP contribution is 2.51. The van der Waals surface area contributed by atoms with Gasteiger partial charge in [-0.25, -0.2) is 9.78 Å². The number of nitrogens with one attached hydrogen (secondary N) is 1. The number of aliphatic hydroxyl groups excluding tert-OH is 2. The third kappa shape index (κ3) is 7.67. The number of ether oxygens (including phenoxy) is 2. The molecule has 2 amide bonds. The van der Waals surface area contributed by atoms with Crippen molar-refractivity contribution in [2.75, 3.05) is 27.3 Å². The van der Waals surface area contributed by atoms with Crippen LogP contribution in [0.2, 0.25) is 0 Å². The fourth-order valence-corrected chi connectivity index (χ4v) is 6.11. The summed E-state index contributed by atoms with van der Waals surface area (Å²) >= 11 is 0. The Morgan fingerprint density at radius 3 is 2.51 bits per heavy atom. The van der Waals surface area contributed by atoms with E-state index in [-0.39, 0.29) is 31.4 Å². The lowest BCUT2D eigenvalue weighted by Gasteiger charge is -2.51. The van der Waals surface area contributed by atoms with E-state index in [2.05, 4.69) is 10.3 Å². The van der Waals surface area contributed by atoms with Crippen molar-refractivity contribution < 1.29 is 43.6 Å². The van der Waals surface area contributed by atoms with Gasteiger partial charge >= 0.3 is 5.97 Å². The first kappa shape index (κ1) is 37.6. The van der Waals surface area contributed by atoms with Crippen LogP contribution in [0.4, 0.5) is 0 Å². The number of oxazole rings is 1. The van der Waals surface area contributed by atoms with Crippen molar-refractivity contribution in [3.63, 3.8) is 0 Å². The number of allylic oxidation sites excluding steroid dienone is 7. The van der Waals surface area contributed by atoms with Crippen molar-refractivity contribution in [3.05, 3.63) is 78.6 Å². The van der Waals surface area contributed by atoms with Gasteiger partial charge in [0.15, 0.2) is 6.39 Å². The largest absolute Gasteiger partial charge is 0.460 e.